The van der Waals surface area contributed by atoms with Crippen molar-refractivity contribution < 1.29 is 29.1 Å². The van der Waals surface area contributed by atoms with Crippen LogP contribution in [0.2, 0.25) is 0 Å². The van der Waals surface area contributed by atoms with Crippen LogP contribution in [0.25, 0.3) is 0 Å². The molecule has 31 heavy (non-hydrogen) atoms. The number of unbranched alkanes of at least 4 members (excludes halogenated alkanes) is 1. The largest absolute Gasteiger partial charge is 0.480 e. The molecule has 3 atom stereocenters. The van der Waals surface area contributed by atoms with Crippen molar-refractivity contribution in [3.63, 3.8) is 0 Å². The zero-order valence-corrected chi connectivity index (χ0v) is 18.2. The highest BCUT2D eigenvalue weighted by molar-refractivity contribution is 5.93. The quantitative estimate of drug-likeness (QED) is 0.131. The lowest BCUT2D eigenvalue weighted by Gasteiger charge is -2.24. The summed E-state index contributed by atoms with van der Waals surface area (Å²) >= 11 is 0. The number of hydrogen-bond donors (Lipinski definition) is 7. The molecule has 10 N–H and O–H groups in total. The van der Waals surface area contributed by atoms with Gasteiger partial charge in [0.05, 0.1) is 6.04 Å². The van der Waals surface area contributed by atoms with E-state index < -0.39 is 54.3 Å². The van der Waals surface area contributed by atoms with E-state index in [2.05, 4.69) is 16.0 Å². The molecule has 0 heterocycles. The van der Waals surface area contributed by atoms with E-state index >= 15 is 0 Å². The lowest BCUT2D eigenvalue weighted by atomic mass is 10.0. The lowest BCUT2D eigenvalue weighted by Crippen LogP contribution is -2.56. The number of carboxylic acids is 1. The first-order valence-electron chi connectivity index (χ1n) is 10.3. The summed E-state index contributed by atoms with van der Waals surface area (Å²) in [7, 11) is 0. The summed E-state index contributed by atoms with van der Waals surface area (Å²) < 4.78 is 0. The van der Waals surface area contributed by atoms with E-state index in [9.17, 15) is 24.0 Å². The van der Waals surface area contributed by atoms with Crippen LogP contribution in [0.1, 0.15) is 52.4 Å². The van der Waals surface area contributed by atoms with Gasteiger partial charge >= 0.3 is 5.97 Å². The number of amides is 4. The van der Waals surface area contributed by atoms with Crippen molar-refractivity contribution in [3.05, 3.63) is 0 Å². The van der Waals surface area contributed by atoms with E-state index in [-0.39, 0.29) is 25.2 Å². The fourth-order valence-corrected chi connectivity index (χ4v) is 2.77. The highest BCUT2D eigenvalue weighted by Gasteiger charge is 2.28. The van der Waals surface area contributed by atoms with Crippen molar-refractivity contribution in [3.8, 4) is 0 Å². The predicted octanol–water partition coefficient (Wildman–Crippen LogP) is -2.08. The summed E-state index contributed by atoms with van der Waals surface area (Å²) in [5.74, 6) is -3.67. The molecule has 0 aromatic rings. The molecule has 12 heteroatoms. The molecule has 0 spiro atoms. The number of hydrogen-bond acceptors (Lipinski definition) is 7. The summed E-state index contributed by atoms with van der Waals surface area (Å²) in [4.78, 5) is 59.3. The van der Waals surface area contributed by atoms with Crippen LogP contribution in [0.4, 0.5) is 0 Å². The monoisotopic (exact) mass is 444 g/mol. The Balaban J connectivity index is 5.28. The van der Waals surface area contributed by atoms with Crippen LogP contribution in [0.3, 0.4) is 0 Å². The van der Waals surface area contributed by atoms with Crippen LogP contribution in [0.5, 0.6) is 0 Å². The van der Waals surface area contributed by atoms with Gasteiger partial charge in [0.2, 0.25) is 23.6 Å². The molecule has 0 aliphatic carbocycles. The SMILES string of the molecule is CC(C)CC(N)C(=O)NC(CCC(N)=O)C(=O)NC(CCCCN)C(=O)NCC(=O)O. The molecule has 0 radical (unpaired) electrons. The average Bonchev–Trinajstić information content (AvgIpc) is 2.67. The van der Waals surface area contributed by atoms with E-state index in [0.717, 1.165) is 0 Å². The molecule has 12 nitrogen and oxygen atoms in total. The molecule has 0 fully saturated rings. The Kier molecular flexibility index (Phi) is 13.8. The molecular weight excluding hydrogens is 408 g/mol. The van der Waals surface area contributed by atoms with Gasteiger partial charge in [-0.2, -0.15) is 0 Å². The minimum atomic E-state index is -1.23. The maximum absolute atomic E-state index is 12.8. The Bertz CT molecular complexity index is 627. The zero-order chi connectivity index (χ0) is 24.0. The molecule has 0 aliphatic rings. The smallest absolute Gasteiger partial charge is 0.322 e. The van der Waals surface area contributed by atoms with Gasteiger partial charge in [-0.25, -0.2) is 0 Å². The standard InChI is InChI=1S/C19H36N6O6/c1-11(2)9-12(21)17(29)24-14(6-7-15(22)26)19(31)25-13(5-3-4-8-20)18(30)23-10-16(27)28/h11-14H,3-10,20-21H2,1-2H3,(H2,22,26)(H,23,30)(H,24,29)(H,25,31)(H,27,28). The van der Waals surface area contributed by atoms with E-state index in [0.29, 0.717) is 25.8 Å². The van der Waals surface area contributed by atoms with Crippen molar-refractivity contribution in [1.82, 2.24) is 16.0 Å². The van der Waals surface area contributed by atoms with E-state index in [1.165, 1.54) is 0 Å². The first-order valence-corrected chi connectivity index (χ1v) is 10.3. The van der Waals surface area contributed by atoms with Crippen molar-refractivity contribution in [2.75, 3.05) is 13.1 Å². The number of carbonyl (C=O) groups is 5. The number of rotatable bonds is 16. The molecule has 0 saturated carbocycles. The van der Waals surface area contributed by atoms with Crippen molar-refractivity contribution >= 4 is 29.6 Å². The van der Waals surface area contributed by atoms with E-state index in [1.807, 2.05) is 13.8 Å². The van der Waals surface area contributed by atoms with Gasteiger partial charge in [-0.05, 0) is 44.6 Å². The van der Waals surface area contributed by atoms with Crippen molar-refractivity contribution in [1.29, 1.82) is 0 Å². The molecule has 0 rings (SSSR count). The van der Waals surface area contributed by atoms with Gasteiger partial charge < -0.3 is 38.3 Å². The summed E-state index contributed by atoms with van der Waals surface area (Å²) in [6.07, 6.45) is 1.49. The maximum Gasteiger partial charge on any atom is 0.322 e. The normalized spacial score (nSPS) is 13.7. The van der Waals surface area contributed by atoms with Crippen LogP contribution in [-0.2, 0) is 24.0 Å². The second kappa shape index (κ2) is 15.1. The van der Waals surface area contributed by atoms with Crippen LogP contribution in [0, 0.1) is 5.92 Å². The second-order valence-corrected chi connectivity index (χ2v) is 7.76. The molecule has 4 amide bonds. The number of nitrogens with one attached hydrogen (secondary N) is 3. The fraction of sp³-hybridized carbons (Fsp3) is 0.737. The summed E-state index contributed by atoms with van der Waals surface area (Å²) in [6, 6.07) is -3.01. The molecule has 0 saturated heterocycles. The number of carbonyl (C=O) groups excluding carboxylic acids is 4. The van der Waals surface area contributed by atoms with Gasteiger partial charge in [0.1, 0.15) is 18.6 Å². The first-order chi connectivity index (χ1) is 14.5. The third kappa shape index (κ3) is 13.2. The number of aliphatic carboxylic acids is 1. The number of nitrogens with two attached hydrogens (primary N) is 3. The highest BCUT2D eigenvalue weighted by Crippen LogP contribution is 2.06. The number of carboxylic acid groups (broad SMARTS) is 1. The van der Waals surface area contributed by atoms with Crippen LogP contribution in [0.15, 0.2) is 0 Å². The molecular formula is C19H36N6O6. The molecule has 0 bridgehead atoms. The molecule has 3 unspecified atom stereocenters. The van der Waals surface area contributed by atoms with Gasteiger partial charge in [0, 0.05) is 6.42 Å². The van der Waals surface area contributed by atoms with E-state index in [1.54, 1.807) is 0 Å². The Hall–Kier alpha value is -2.73. The Labute approximate surface area is 182 Å². The molecule has 178 valence electrons. The second-order valence-electron chi connectivity index (χ2n) is 7.76. The van der Waals surface area contributed by atoms with Gasteiger partial charge in [-0.1, -0.05) is 13.8 Å². The zero-order valence-electron chi connectivity index (χ0n) is 18.2. The third-order valence-electron chi connectivity index (χ3n) is 4.37. The van der Waals surface area contributed by atoms with E-state index in [4.69, 9.17) is 22.3 Å². The van der Waals surface area contributed by atoms with Crippen LogP contribution >= 0.6 is 0 Å². The minimum Gasteiger partial charge on any atom is -0.480 e. The molecule has 0 aromatic carbocycles. The first kappa shape index (κ1) is 28.3. The van der Waals surface area contributed by atoms with Crippen molar-refractivity contribution in [2.24, 2.45) is 23.1 Å². The lowest BCUT2D eigenvalue weighted by molar-refractivity contribution is -0.138. The van der Waals surface area contributed by atoms with Gasteiger partial charge in [-0.15, -0.1) is 0 Å². The van der Waals surface area contributed by atoms with Crippen molar-refractivity contribution in [2.45, 2.75) is 70.5 Å². The van der Waals surface area contributed by atoms with Gasteiger partial charge in [-0.3, -0.25) is 24.0 Å². The fourth-order valence-electron chi connectivity index (χ4n) is 2.77. The van der Waals surface area contributed by atoms with Crippen LogP contribution in [-0.4, -0.2) is 65.9 Å². The Morgan fingerprint density at radius 2 is 1.48 bits per heavy atom. The summed E-state index contributed by atoms with van der Waals surface area (Å²) in [5, 5.41) is 16.0. The Morgan fingerprint density at radius 3 is 2.00 bits per heavy atom. The van der Waals surface area contributed by atoms with Crippen LogP contribution < -0.4 is 33.2 Å². The molecule has 0 aromatic heterocycles. The molecule has 0 aliphatic heterocycles. The maximum atomic E-state index is 12.8. The predicted molar refractivity (Wildman–Crippen MR) is 113 cm³/mol. The highest BCUT2D eigenvalue weighted by atomic mass is 16.4. The Morgan fingerprint density at radius 1 is 0.903 bits per heavy atom. The minimum absolute atomic E-state index is 0.0758. The van der Waals surface area contributed by atoms with Gasteiger partial charge in [0.15, 0.2) is 0 Å². The number of primary amides is 1. The summed E-state index contributed by atoms with van der Waals surface area (Å²) in [5.41, 5.74) is 16.5. The topological polar surface area (TPSA) is 220 Å². The summed E-state index contributed by atoms with van der Waals surface area (Å²) in [6.45, 7) is 3.58. The van der Waals surface area contributed by atoms with Gasteiger partial charge in [0.25, 0.3) is 0 Å². The third-order valence-corrected chi connectivity index (χ3v) is 4.37. The average molecular weight is 445 g/mol.